The highest BCUT2D eigenvalue weighted by molar-refractivity contribution is 5.79. The van der Waals surface area contributed by atoms with Crippen molar-refractivity contribution in [3.05, 3.63) is 42.0 Å². The lowest BCUT2D eigenvalue weighted by atomic mass is 9.99. The molecule has 1 heterocycles. The summed E-state index contributed by atoms with van der Waals surface area (Å²) in [5.74, 6) is 2.57. The number of benzene rings is 2. The number of methoxy groups -OCH3 is 2. The van der Waals surface area contributed by atoms with Gasteiger partial charge in [0.1, 0.15) is 23.4 Å². The van der Waals surface area contributed by atoms with Gasteiger partial charge in [0, 0.05) is 23.1 Å². The number of hydrogen-bond acceptors (Lipinski definition) is 4. The van der Waals surface area contributed by atoms with Gasteiger partial charge in [-0.15, -0.1) is 0 Å². The first-order valence-corrected chi connectivity index (χ1v) is 7.47. The number of rotatable bonds is 5. The Bertz CT molecular complexity index is 669. The summed E-state index contributed by atoms with van der Waals surface area (Å²) in [5.41, 5.74) is 8.85. The second kappa shape index (κ2) is 6.28. The number of para-hydroxylation sites is 1. The number of fused-ring (bicyclic) bond motifs is 1. The highest BCUT2D eigenvalue weighted by atomic mass is 16.5. The number of hydrogen-bond donors (Lipinski definition) is 1. The van der Waals surface area contributed by atoms with Crippen molar-refractivity contribution in [2.45, 2.75) is 18.9 Å². The monoisotopic (exact) mass is 299 g/mol. The van der Waals surface area contributed by atoms with Crippen LogP contribution in [0.3, 0.4) is 0 Å². The van der Waals surface area contributed by atoms with E-state index in [0.717, 1.165) is 41.2 Å². The minimum absolute atomic E-state index is 0.139. The van der Waals surface area contributed by atoms with Crippen molar-refractivity contribution in [3.8, 4) is 28.4 Å². The molecule has 2 aromatic carbocycles. The van der Waals surface area contributed by atoms with Crippen molar-refractivity contribution in [2.75, 3.05) is 20.8 Å². The zero-order valence-electron chi connectivity index (χ0n) is 13.0. The van der Waals surface area contributed by atoms with Crippen molar-refractivity contribution in [1.29, 1.82) is 0 Å². The van der Waals surface area contributed by atoms with Crippen LogP contribution in [-0.2, 0) is 6.42 Å². The minimum atomic E-state index is 0.139. The van der Waals surface area contributed by atoms with E-state index in [-0.39, 0.29) is 6.10 Å². The molecule has 116 valence electrons. The van der Waals surface area contributed by atoms with Crippen LogP contribution in [0.5, 0.6) is 17.2 Å². The molecule has 2 aromatic rings. The van der Waals surface area contributed by atoms with Crippen molar-refractivity contribution >= 4 is 0 Å². The van der Waals surface area contributed by atoms with E-state index in [0.29, 0.717) is 6.54 Å². The van der Waals surface area contributed by atoms with E-state index in [1.807, 2.05) is 36.4 Å². The van der Waals surface area contributed by atoms with Crippen molar-refractivity contribution in [3.63, 3.8) is 0 Å². The molecular formula is C18H21NO3. The van der Waals surface area contributed by atoms with Gasteiger partial charge in [0.2, 0.25) is 0 Å². The zero-order chi connectivity index (χ0) is 15.5. The van der Waals surface area contributed by atoms with Crippen molar-refractivity contribution < 1.29 is 14.2 Å². The first-order chi connectivity index (χ1) is 10.8. The maximum atomic E-state index is 6.14. The largest absolute Gasteiger partial charge is 0.497 e. The summed E-state index contributed by atoms with van der Waals surface area (Å²) in [4.78, 5) is 0. The predicted octanol–water partition coefficient (Wildman–Crippen LogP) is 3.02. The van der Waals surface area contributed by atoms with E-state index in [4.69, 9.17) is 19.9 Å². The van der Waals surface area contributed by atoms with Gasteiger partial charge in [-0.2, -0.15) is 0 Å². The predicted molar refractivity (Wildman–Crippen MR) is 86.8 cm³/mol. The summed E-state index contributed by atoms with van der Waals surface area (Å²) >= 11 is 0. The lowest BCUT2D eigenvalue weighted by Gasteiger charge is -2.15. The molecule has 1 unspecified atom stereocenters. The molecule has 0 aromatic heterocycles. The molecule has 4 nitrogen and oxygen atoms in total. The third kappa shape index (κ3) is 2.62. The van der Waals surface area contributed by atoms with Crippen LogP contribution in [-0.4, -0.2) is 26.9 Å². The fourth-order valence-corrected chi connectivity index (χ4v) is 2.94. The fraction of sp³-hybridized carbons (Fsp3) is 0.333. The van der Waals surface area contributed by atoms with E-state index in [1.165, 1.54) is 5.56 Å². The third-order valence-electron chi connectivity index (χ3n) is 3.99. The van der Waals surface area contributed by atoms with Gasteiger partial charge < -0.3 is 19.9 Å². The molecule has 0 radical (unpaired) electrons. The number of nitrogens with two attached hydrogens (primary N) is 1. The lowest BCUT2D eigenvalue weighted by molar-refractivity contribution is 0.225. The Morgan fingerprint density at radius 2 is 1.95 bits per heavy atom. The molecule has 0 fully saturated rings. The smallest absolute Gasteiger partial charge is 0.131 e. The third-order valence-corrected chi connectivity index (χ3v) is 3.99. The maximum Gasteiger partial charge on any atom is 0.131 e. The van der Waals surface area contributed by atoms with Gasteiger partial charge in [0.05, 0.1) is 14.2 Å². The Hall–Kier alpha value is -2.20. The molecule has 1 aliphatic heterocycles. The van der Waals surface area contributed by atoms with Crippen LogP contribution in [0.1, 0.15) is 12.0 Å². The SMILES string of the molecule is COc1cc2c(c(-c3ccccc3OC)c1)OC(CCN)C2. The normalized spacial score (nSPS) is 16.0. The first-order valence-electron chi connectivity index (χ1n) is 7.47. The molecule has 1 aliphatic rings. The molecule has 0 amide bonds. The Morgan fingerprint density at radius 1 is 1.14 bits per heavy atom. The molecule has 0 aliphatic carbocycles. The Kier molecular flexibility index (Phi) is 4.20. The molecule has 0 saturated heterocycles. The fourth-order valence-electron chi connectivity index (χ4n) is 2.94. The summed E-state index contributed by atoms with van der Waals surface area (Å²) in [6.07, 6.45) is 1.86. The summed E-state index contributed by atoms with van der Waals surface area (Å²) in [7, 11) is 3.36. The Morgan fingerprint density at radius 3 is 2.68 bits per heavy atom. The zero-order valence-corrected chi connectivity index (χ0v) is 13.0. The average Bonchev–Trinajstić information content (AvgIpc) is 2.96. The van der Waals surface area contributed by atoms with Gasteiger partial charge in [0.15, 0.2) is 0 Å². The highest BCUT2D eigenvalue weighted by Crippen LogP contribution is 2.44. The summed E-state index contributed by atoms with van der Waals surface area (Å²) in [6.45, 7) is 0.625. The van der Waals surface area contributed by atoms with E-state index in [1.54, 1.807) is 14.2 Å². The molecule has 4 heteroatoms. The van der Waals surface area contributed by atoms with Crippen LogP contribution < -0.4 is 19.9 Å². The minimum Gasteiger partial charge on any atom is -0.497 e. The molecule has 3 rings (SSSR count). The standard InChI is InChI=1S/C18H21NO3/c1-20-14-10-12-9-13(7-8-19)22-18(12)16(11-14)15-5-3-4-6-17(15)21-2/h3-6,10-11,13H,7-9,19H2,1-2H3. The van der Waals surface area contributed by atoms with E-state index in [9.17, 15) is 0 Å². The van der Waals surface area contributed by atoms with Crippen LogP contribution in [0, 0.1) is 0 Å². The highest BCUT2D eigenvalue weighted by Gasteiger charge is 2.27. The Labute approximate surface area is 130 Å². The summed E-state index contributed by atoms with van der Waals surface area (Å²) in [6, 6.07) is 12.0. The molecular weight excluding hydrogens is 278 g/mol. The van der Waals surface area contributed by atoms with Gasteiger partial charge in [-0.3, -0.25) is 0 Å². The van der Waals surface area contributed by atoms with Gasteiger partial charge in [-0.05, 0) is 31.2 Å². The summed E-state index contributed by atoms with van der Waals surface area (Å²) < 4.78 is 17.1. The molecule has 0 saturated carbocycles. The molecule has 0 bridgehead atoms. The molecule has 1 atom stereocenters. The number of ether oxygens (including phenoxy) is 3. The van der Waals surface area contributed by atoms with Gasteiger partial charge >= 0.3 is 0 Å². The second-order valence-electron chi connectivity index (χ2n) is 5.38. The van der Waals surface area contributed by atoms with E-state index >= 15 is 0 Å². The molecule has 22 heavy (non-hydrogen) atoms. The van der Waals surface area contributed by atoms with Gasteiger partial charge in [-0.25, -0.2) is 0 Å². The maximum absolute atomic E-state index is 6.14. The van der Waals surface area contributed by atoms with Crippen LogP contribution >= 0.6 is 0 Å². The molecule has 0 spiro atoms. The van der Waals surface area contributed by atoms with E-state index in [2.05, 4.69) is 0 Å². The molecule has 2 N–H and O–H groups in total. The van der Waals surface area contributed by atoms with E-state index < -0.39 is 0 Å². The second-order valence-corrected chi connectivity index (χ2v) is 5.38. The van der Waals surface area contributed by atoms with Crippen LogP contribution in [0.15, 0.2) is 36.4 Å². The van der Waals surface area contributed by atoms with Crippen LogP contribution in [0.4, 0.5) is 0 Å². The quantitative estimate of drug-likeness (QED) is 0.922. The first kappa shape index (κ1) is 14.7. The van der Waals surface area contributed by atoms with Gasteiger partial charge in [-0.1, -0.05) is 18.2 Å². The van der Waals surface area contributed by atoms with Crippen LogP contribution in [0.25, 0.3) is 11.1 Å². The van der Waals surface area contributed by atoms with Crippen LogP contribution in [0.2, 0.25) is 0 Å². The Balaban J connectivity index is 2.10. The van der Waals surface area contributed by atoms with Gasteiger partial charge in [0.25, 0.3) is 0 Å². The van der Waals surface area contributed by atoms with Crippen molar-refractivity contribution in [1.82, 2.24) is 0 Å². The average molecular weight is 299 g/mol. The lowest BCUT2D eigenvalue weighted by Crippen LogP contribution is -2.17. The van der Waals surface area contributed by atoms with Crippen molar-refractivity contribution in [2.24, 2.45) is 5.73 Å². The summed E-state index contributed by atoms with van der Waals surface area (Å²) in [5, 5.41) is 0. The topological polar surface area (TPSA) is 53.7 Å².